The van der Waals surface area contributed by atoms with Gasteiger partial charge in [0.05, 0.1) is 0 Å². The van der Waals surface area contributed by atoms with Crippen molar-refractivity contribution in [3.63, 3.8) is 0 Å². The van der Waals surface area contributed by atoms with Crippen LogP contribution in [-0.2, 0) is 18.5 Å². The first-order valence-electron chi connectivity index (χ1n) is 8.25. The molecule has 0 radical (unpaired) electrons. The summed E-state index contributed by atoms with van der Waals surface area (Å²) in [5.74, 6) is 0. The molecule has 25 heavy (non-hydrogen) atoms. The van der Waals surface area contributed by atoms with E-state index in [0.717, 1.165) is 13.1 Å². The van der Waals surface area contributed by atoms with Gasteiger partial charge in [-0.25, -0.2) is 9.13 Å². The van der Waals surface area contributed by atoms with Gasteiger partial charge in [-0.15, -0.1) is 0 Å². The molecule has 0 N–H and O–H groups in total. The van der Waals surface area contributed by atoms with E-state index in [4.69, 9.17) is 0 Å². The normalized spacial score (nSPS) is 10.8. The fourth-order valence-corrected chi connectivity index (χ4v) is 1.85. The van der Waals surface area contributed by atoms with Crippen LogP contribution < -0.4 is 9.13 Å². The summed E-state index contributed by atoms with van der Waals surface area (Å²) in [6.45, 7) is 6.72. The molecule has 0 bridgehead atoms. The Morgan fingerprint density at radius 2 is 0.880 bits per heavy atom. The van der Waals surface area contributed by atoms with E-state index in [9.17, 15) is 0 Å². The molecule has 0 saturated carbocycles. The average molecular weight is 651 g/mol. The Morgan fingerprint density at radius 3 is 1.12 bits per heavy atom. The van der Waals surface area contributed by atoms with Gasteiger partial charge in [0.2, 0.25) is 0 Å². The molecule has 0 fully saturated rings. The van der Waals surface area contributed by atoms with E-state index in [1.807, 2.05) is 12.1 Å². The number of unbranched alkanes of at least 4 members (excludes halogenated alkanes) is 2. The van der Waals surface area contributed by atoms with Gasteiger partial charge in [-0.3, -0.25) is 0 Å². The van der Waals surface area contributed by atoms with Crippen molar-refractivity contribution in [3.05, 3.63) is 61.2 Å². The SMILES string of the molecule is CCCC[n+]1ccccc1.CCCC[n+]1ccccc1.[Br][Co]([Br])([Br])[Br]. The molecule has 2 aromatic heterocycles. The van der Waals surface area contributed by atoms with Crippen LogP contribution in [0.25, 0.3) is 0 Å². The Bertz CT molecular complexity index is 472. The summed E-state index contributed by atoms with van der Waals surface area (Å²) in [4.78, 5) is 0. The van der Waals surface area contributed by atoms with Crippen molar-refractivity contribution in [2.75, 3.05) is 0 Å². The number of rotatable bonds is 6. The second kappa shape index (κ2) is 16.9. The number of aryl methyl sites for hydroxylation is 2. The van der Waals surface area contributed by atoms with E-state index < -0.39 is 5.46 Å². The number of hydrogen-bond acceptors (Lipinski definition) is 0. The Labute approximate surface area is 183 Å². The summed E-state index contributed by atoms with van der Waals surface area (Å²) < 4.78 is 4.42. The van der Waals surface area contributed by atoms with Crippen LogP contribution in [0.2, 0.25) is 0 Å². The minimum atomic E-state index is -1.12. The standard InChI is InChI=1S/2C9H14N.4BrH.Co/c2*1-2-3-7-10-8-5-4-6-9-10;;;;;/h2*4-6,8-9H,2-3,7H2,1H3;4*1H;/q2*+1;;;;;+4/p-4. The van der Waals surface area contributed by atoms with E-state index in [-0.39, 0.29) is 0 Å². The molecule has 0 atom stereocenters. The van der Waals surface area contributed by atoms with Gasteiger partial charge in [-0.05, 0) is 0 Å². The maximum atomic E-state index is 3.23. The molecule has 145 valence electrons. The molecule has 0 aliphatic carbocycles. The van der Waals surface area contributed by atoms with Gasteiger partial charge in [-0.1, -0.05) is 38.8 Å². The zero-order chi connectivity index (χ0) is 19.0. The van der Waals surface area contributed by atoms with Crippen LogP contribution in [0.1, 0.15) is 39.5 Å². The Morgan fingerprint density at radius 1 is 0.600 bits per heavy atom. The molecular formula is C18H28Br4CoN2+2. The van der Waals surface area contributed by atoms with Crippen molar-refractivity contribution < 1.29 is 14.6 Å². The zero-order valence-corrected chi connectivity index (χ0v) is 22.1. The molecule has 0 saturated heterocycles. The van der Waals surface area contributed by atoms with Gasteiger partial charge in [0.25, 0.3) is 0 Å². The van der Waals surface area contributed by atoms with Crippen LogP contribution in [0.4, 0.5) is 0 Å². The van der Waals surface area contributed by atoms with E-state index in [1.54, 1.807) is 0 Å². The van der Waals surface area contributed by atoms with E-state index in [0.29, 0.717) is 0 Å². The Hall–Kier alpha value is 0.726. The van der Waals surface area contributed by atoms with Crippen molar-refractivity contribution in [2.45, 2.75) is 52.6 Å². The fraction of sp³-hybridized carbons (Fsp3) is 0.444. The van der Waals surface area contributed by atoms with Crippen LogP contribution in [-0.4, -0.2) is 0 Å². The molecular weight excluding hydrogens is 623 g/mol. The van der Waals surface area contributed by atoms with Gasteiger partial charge in [-0.2, -0.15) is 0 Å². The summed E-state index contributed by atoms with van der Waals surface area (Å²) >= 11 is 12.9. The topological polar surface area (TPSA) is 7.76 Å². The van der Waals surface area contributed by atoms with E-state index in [2.05, 4.69) is 129 Å². The van der Waals surface area contributed by atoms with E-state index >= 15 is 0 Å². The number of hydrogen-bond donors (Lipinski definition) is 0. The number of halogens is 4. The van der Waals surface area contributed by atoms with Crippen LogP contribution in [0, 0.1) is 0 Å². The molecule has 0 aliphatic heterocycles. The first-order chi connectivity index (χ1) is 11.9. The summed E-state index contributed by atoms with van der Waals surface area (Å²) in [6, 6.07) is 12.3. The van der Waals surface area contributed by atoms with Gasteiger partial charge < -0.3 is 0 Å². The second-order valence-corrected chi connectivity index (χ2v) is 36.7. The van der Waals surface area contributed by atoms with Crippen molar-refractivity contribution in [2.24, 2.45) is 0 Å². The maximum absolute atomic E-state index is 3.23. The minimum absolute atomic E-state index is 1.12. The number of aromatic nitrogens is 2. The van der Waals surface area contributed by atoms with Crippen molar-refractivity contribution >= 4 is 56.7 Å². The summed E-state index contributed by atoms with van der Waals surface area (Å²) in [6.07, 6.45) is 13.5. The molecule has 2 heterocycles. The molecule has 0 amide bonds. The first-order valence-corrected chi connectivity index (χ1v) is 18.5. The second-order valence-electron chi connectivity index (χ2n) is 5.22. The van der Waals surface area contributed by atoms with Gasteiger partial charge in [0.15, 0.2) is 24.8 Å². The summed E-state index contributed by atoms with van der Waals surface area (Å²) in [5, 5.41) is 0. The van der Waals surface area contributed by atoms with E-state index in [1.165, 1.54) is 25.7 Å². The molecule has 2 nitrogen and oxygen atoms in total. The van der Waals surface area contributed by atoms with Gasteiger partial charge in [0.1, 0.15) is 13.1 Å². The summed E-state index contributed by atoms with van der Waals surface area (Å²) in [7, 11) is 0. The predicted octanol–water partition coefficient (Wildman–Crippen LogP) is 6.93. The first kappa shape index (κ1) is 25.7. The molecule has 7 heteroatoms. The van der Waals surface area contributed by atoms with Crippen LogP contribution >= 0.6 is 56.7 Å². The Kier molecular flexibility index (Phi) is 17.4. The third-order valence-electron chi connectivity index (χ3n) is 3.09. The predicted molar refractivity (Wildman–Crippen MR) is 119 cm³/mol. The van der Waals surface area contributed by atoms with Gasteiger partial charge >= 0.3 is 62.1 Å². The third-order valence-corrected chi connectivity index (χ3v) is 3.09. The molecule has 2 rings (SSSR count). The van der Waals surface area contributed by atoms with Crippen LogP contribution in [0.3, 0.4) is 0 Å². The zero-order valence-electron chi connectivity index (χ0n) is 14.8. The monoisotopic (exact) mass is 647 g/mol. The van der Waals surface area contributed by atoms with Crippen molar-refractivity contribution in [3.8, 4) is 0 Å². The Balaban J connectivity index is 0.000000368. The molecule has 0 aliphatic rings. The quantitative estimate of drug-likeness (QED) is 0.300. The third kappa shape index (κ3) is 20.9. The molecule has 2 aromatic rings. The molecule has 0 spiro atoms. The van der Waals surface area contributed by atoms with Crippen LogP contribution in [0.5, 0.6) is 0 Å². The summed E-state index contributed by atoms with van der Waals surface area (Å²) in [5.41, 5.74) is -1.12. The van der Waals surface area contributed by atoms with Crippen molar-refractivity contribution in [1.82, 2.24) is 0 Å². The molecule has 0 unspecified atom stereocenters. The van der Waals surface area contributed by atoms with Crippen LogP contribution in [0.15, 0.2) is 61.2 Å². The molecule has 0 aromatic carbocycles. The fourth-order valence-electron chi connectivity index (χ4n) is 1.85. The number of pyridine rings is 2. The number of nitrogens with zero attached hydrogens (tertiary/aromatic N) is 2. The van der Waals surface area contributed by atoms with Crippen molar-refractivity contribution in [1.29, 1.82) is 0 Å². The van der Waals surface area contributed by atoms with Gasteiger partial charge in [0, 0.05) is 37.1 Å². The average Bonchev–Trinajstić information content (AvgIpc) is 2.59.